The molecule has 1 N–H and O–H groups in total. The van der Waals surface area contributed by atoms with E-state index < -0.39 is 5.97 Å². The number of esters is 1. The lowest BCUT2D eigenvalue weighted by Gasteiger charge is -2.14. The van der Waals surface area contributed by atoms with Crippen LogP contribution in [0.3, 0.4) is 0 Å². The molecular formula is C20H23NO4. The summed E-state index contributed by atoms with van der Waals surface area (Å²) in [4.78, 5) is 24.3. The Kier molecular flexibility index (Phi) is 6.57. The number of para-hydroxylation sites is 2. The Morgan fingerprint density at radius 2 is 1.72 bits per heavy atom. The van der Waals surface area contributed by atoms with Gasteiger partial charge in [0.2, 0.25) is 0 Å². The molecule has 0 radical (unpaired) electrons. The topological polar surface area (TPSA) is 64.6 Å². The Bertz CT molecular complexity index is 740. The molecule has 0 atom stereocenters. The SMILES string of the molecule is CCOc1ccccc1C(=O)OCC(=O)Nc1ccccc1C(C)C. The monoisotopic (exact) mass is 341 g/mol. The van der Waals surface area contributed by atoms with E-state index in [-0.39, 0.29) is 18.4 Å². The second kappa shape index (κ2) is 8.87. The maximum atomic E-state index is 12.2. The van der Waals surface area contributed by atoms with Gasteiger partial charge >= 0.3 is 5.97 Å². The number of carbonyl (C=O) groups excluding carboxylic acids is 2. The van der Waals surface area contributed by atoms with Crippen molar-refractivity contribution in [2.45, 2.75) is 26.7 Å². The summed E-state index contributed by atoms with van der Waals surface area (Å²) in [5, 5.41) is 2.79. The Labute approximate surface area is 148 Å². The summed E-state index contributed by atoms with van der Waals surface area (Å²) in [6, 6.07) is 14.4. The van der Waals surface area contributed by atoms with Gasteiger partial charge in [0.15, 0.2) is 6.61 Å². The van der Waals surface area contributed by atoms with Gasteiger partial charge in [0, 0.05) is 5.69 Å². The van der Waals surface area contributed by atoms with E-state index in [1.54, 1.807) is 24.3 Å². The van der Waals surface area contributed by atoms with Crippen LogP contribution < -0.4 is 10.1 Å². The minimum Gasteiger partial charge on any atom is -0.493 e. The third kappa shape index (κ3) is 5.08. The Morgan fingerprint density at radius 3 is 2.44 bits per heavy atom. The molecule has 0 aliphatic rings. The molecule has 0 heterocycles. The second-order valence-corrected chi connectivity index (χ2v) is 5.80. The first kappa shape index (κ1) is 18.5. The summed E-state index contributed by atoms with van der Waals surface area (Å²) in [7, 11) is 0. The van der Waals surface area contributed by atoms with Crippen LogP contribution in [-0.4, -0.2) is 25.1 Å². The van der Waals surface area contributed by atoms with Crippen LogP contribution in [-0.2, 0) is 9.53 Å². The van der Waals surface area contributed by atoms with E-state index in [9.17, 15) is 9.59 Å². The fraction of sp³-hybridized carbons (Fsp3) is 0.300. The highest BCUT2D eigenvalue weighted by Crippen LogP contribution is 2.23. The van der Waals surface area contributed by atoms with Gasteiger partial charge in [-0.1, -0.05) is 44.2 Å². The zero-order chi connectivity index (χ0) is 18.2. The van der Waals surface area contributed by atoms with Crippen LogP contribution in [0.2, 0.25) is 0 Å². The quantitative estimate of drug-likeness (QED) is 0.773. The van der Waals surface area contributed by atoms with Gasteiger partial charge in [-0.25, -0.2) is 4.79 Å². The van der Waals surface area contributed by atoms with E-state index in [0.29, 0.717) is 17.9 Å². The van der Waals surface area contributed by atoms with Gasteiger partial charge in [0.1, 0.15) is 11.3 Å². The van der Waals surface area contributed by atoms with E-state index in [1.807, 2.05) is 31.2 Å². The van der Waals surface area contributed by atoms with Gasteiger partial charge in [-0.3, -0.25) is 4.79 Å². The number of hydrogen-bond donors (Lipinski definition) is 1. The first-order valence-corrected chi connectivity index (χ1v) is 8.30. The number of anilines is 1. The van der Waals surface area contributed by atoms with Gasteiger partial charge in [-0.2, -0.15) is 0 Å². The minimum absolute atomic E-state index is 0.275. The van der Waals surface area contributed by atoms with Crippen LogP contribution in [0.25, 0.3) is 0 Å². The number of carbonyl (C=O) groups is 2. The summed E-state index contributed by atoms with van der Waals surface area (Å²) in [5.74, 6) is -0.246. The molecule has 2 aromatic carbocycles. The first-order chi connectivity index (χ1) is 12.0. The van der Waals surface area contributed by atoms with Crippen molar-refractivity contribution in [1.82, 2.24) is 0 Å². The van der Waals surface area contributed by atoms with Crippen LogP contribution in [0.1, 0.15) is 42.6 Å². The van der Waals surface area contributed by atoms with Crippen LogP contribution in [0.5, 0.6) is 5.75 Å². The summed E-state index contributed by atoms with van der Waals surface area (Å²) >= 11 is 0. The van der Waals surface area contributed by atoms with Gasteiger partial charge in [-0.15, -0.1) is 0 Å². The highest BCUT2D eigenvalue weighted by molar-refractivity contribution is 5.97. The Balaban J connectivity index is 1.98. The van der Waals surface area contributed by atoms with Crippen molar-refractivity contribution in [2.75, 3.05) is 18.5 Å². The third-order valence-electron chi connectivity index (χ3n) is 3.60. The van der Waals surface area contributed by atoms with Gasteiger partial charge in [0.25, 0.3) is 5.91 Å². The molecule has 0 fully saturated rings. The fourth-order valence-electron chi connectivity index (χ4n) is 2.43. The Hall–Kier alpha value is -2.82. The number of hydrogen-bond acceptors (Lipinski definition) is 4. The van der Waals surface area contributed by atoms with E-state index in [4.69, 9.17) is 9.47 Å². The van der Waals surface area contributed by atoms with Crippen molar-refractivity contribution in [1.29, 1.82) is 0 Å². The molecule has 2 aromatic rings. The smallest absolute Gasteiger partial charge is 0.342 e. The lowest BCUT2D eigenvalue weighted by molar-refractivity contribution is -0.119. The van der Waals surface area contributed by atoms with Crippen molar-refractivity contribution >= 4 is 17.6 Å². The molecular weight excluding hydrogens is 318 g/mol. The van der Waals surface area contributed by atoms with E-state index >= 15 is 0 Å². The van der Waals surface area contributed by atoms with Gasteiger partial charge in [-0.05, 0) is 36.6 Å². The standard InChI is InChI=1S/C20H23NO4/c1-4-24-18-12-8-6-10-16(18)20(23)25-13-19(22)21-17-11-7-5-9-15(17)14(2)3/h5-12,14H,4,13H2,1-3H3,(H,21,22). The molecule has 0 aliphatic heterocycles. The lowest BCUT2D eigenvalue weighted by Crippen LogP contribution is -2.22. The zero-order valence-electron chi connectivity index (χ0n) is 14.7. The lowest BCUT2D eigenvalue weighted by atomic mass is 10.0. The predicted octanol–water partition coefficient (Wildman–Crippen LogP) is 4.00. The number of amides is 1. The molecule has 5 nitrogen and oxygen atoms in total. The molecule has 1 amide bonds. The normalized spacial score (nSPS) is 10.4. The molecule has 0 saturated carbocycles. The predicted molar refractivity (Wildman–Crippen MR) is 97.1 cm³/mol. The highest BCUT2D eigenvalue weighted by Gasteiger charge is 2.16. The van der Waals surface area contributed by atoms with Gasteiger partial charge in [0.05, 0.1) is 6.61 Å². The fourth-order valence-corrected chi connectivity index (χ4v) is 2.43. The molecule has 0 spiro atoms. The number of ether oxygens (including phenoxy) is 2. The van der Waals surface area contributed by atoms with Crippen molar-refractivity contribution < 1.29 is 19.1 Å². The molecule has 0 aliphatic carbocycles. The molecule has 0 aromatic heterocycles. The molecule has 0 bridgehead atoms. The minimum atomic E-state index is -0.587. The summed E-state index contributed by atoms with van der Waals surface area (Å²) in [6.45, 7) is 6.02. The maximum Gasteiger partial charge on any atom is 0.342 e. The number of benzene rings is 2. The van der Waals surface area contributed by atoms with Crippen molar-refractivity contribution in [3.63, 3.8) is 0 Å². The molecule has 0 saturated heterocycles. The molecule has 25 heavy (non-hydrogen) atoms. The number of rotatable bonds is 7. The summed E-state index contributed by atoms with van der Waals surface area (Å²) < 4.78 is 10.5. The molecule has 2 rings (SSSR count). The van der Waals surface area contributed by atoms with Gasteiger partial charge < -0.3 is 14.8 Å². The summed E-state index contributed by atoms with van der Waals surface area (Å²) in [6.07, 6.45) is 0. The average molecular weight is 341 g/mol. The Morgan fingerprint density at radius 1 is 1.04 bits per heavy atom. The second-order valence-electron chi connectivity index (χ2n) is 5.80. The van der Waals surface area contributed by atoms with E-state index in [1.165, 1.54) is 0 Å². The summed E-state index contributed by atoms with van der Waals surface area (Å²) in [5.41, 5.74) is 2.07. The highest BCUT2D eigenvalue weighted by atomic mass is 16.5. The largest absolute Gasteiger partial charge is 0.493 e. The third-order valence-corrected chi connectivity index (χ3v) is 3.60. The van der Waals surface area contributed by atoms with Crippen LogP contribution in [0.4, 0.5) is 5.69 Å². The first-order valence-electron chi connectivity index (χ1n) is 8.30. The van der Waals surface area contributed by atoms with Crippen LogP contribution in [0.15, 0.2) is 48.5 Å². The van der Waals surface area contributed by atoms with Crippen molar-refractivity contribution in [2.24, 2.45) is 0 Å². The molecule has 132 valence electrons. The average Bonchev–Trinajstić information content (AvgIpc) is 2.61. The van der Waals surface area contributed by atoms with Crippen LogP contribution >= 0.6 is 0 Å². The van der Waals surface area contributed by atoms with E-state index in [2.05, 4.69) is 19.2 Å². The molecule has 5 heteroatoms. The number of nitrogens with one attached hydrogen (secondary N) is 1. The van der Waals surface area contributed by atoms with Crippen LogP contribution in [0, 0.1) is 0 Å². The van der Waals surface area contributed by atoms with E-state index in [0.717, 1.165) is 11.3 Å². The molecule has 0 unspecified atom stereocenters. The van der Waals surface area contributed by atoms with Crippen molar-refractivity contribution in [3.8, 4) is 5.75 Å². The zero-order valence-corrected chi connectivity index (χ0v) is 14.7. The van der Waals surface area contributed by atoms with Crippen molar-refractivity contribution in [3.05, 3.63) is 59.7 Å². The maximum absolute atomic E-state index is 12.2.